The zero-order valence-electron chi connectivity index (χ0n) is 11.7. The van der Waals surface area contributed by atoms with Gasteiger partial charge < -0.3 is 15.2 Å². The molecule has 0 aliphatic heterocycles. The molecule has 2 N–H and O–H groups in total. The van der Waals surface area contributed by atoms with Gasteiger partial charge in [-0.2, -0.15) is 0 Å². The summed E-state index contributed by atoms with van der Waals surface area (Å²) < 4.78 is 4.86. The monoisotopic (exact) mass is 259 g/mol. The second-order valence-electron chi connectivity index (χ2n) is 4.64. The van der Waals surface area contributed by atoms with Crippen molar-refractivity contribution < 1.29 is 14.6 Å². The Bertz CT molecular complexity index is 186. The van der Waals surface area contributed by atoms with Crippen LogP contribution in [0.15, 0.2) is 0 Å². The predicted molar refractivity (Wildman–Crippen MR) is 73.5 cm³/mol. The molecule has 108 valence electrons. The Balaban J connectivity index is 2.92. The molecule has 0 aliphatic carbocycles. The molecular formula is C14H29NO3. The molecule has 0 saturated carbocycles. The number of nitrogens with one attached hydrogen (secondary N) is 1. The molecule has 0 bridgehead atoms. The molecule has 4 nitrogen and oxygen atoms in total. The topological polar surface area (TPSA) is 58.6 Å². The Morgan fingerprint density at radius 2 is 1.50 bits per heavy atom. The quantitative estimate of drug-likeness (QED) is 0.393. The smallest absolute Gasteiger partial charge is 0.302 e. The first kappa shape index (κ1) is 17.4. The highest BCUT2D eigenvalue weighted by Crippen LogP contribution is 2.00. The molecule has 4 heteroatoms. The van der Waals surface area contributed by atoms with Gasteiger partial charge in [-0.15, -0.1) is 0 Å². The van der Waals surface area contributed by atoms with E-state index in [9.17, 15) is 4.79 Å². The van der Waals surface area contributed by atoms with E-state index in [-0.39, 0.29) is 5.97 Å². The van der Waals surface area contributed by atoms with Crippen LogP contribution >= 0.6 is 0 Å². The summed E-state index contributed by atoms with van der Waals surface area (Å²) in [5.41, 5.74) is 0. The lowest BCUT2D eigenvalue weighted by Crippen LogP contribution is -2.16. The first-order valence-corrected chi connectivity index (χ1v) is 7.22. The zero-order chi connectivity index (χ0) is 13.5. The lowest BCUT2D eigenvalue weighted by Gasteiger charge is -2.05. The van der Waals surface area contributed by atoms with Crippen molar-refractivity contribution in [1.29, 1.82) is 0 Å². The van der Waals surface area contributed by atoms with Gasteiger partial charge in [-0.3, -0.25) is 4.79 Å². The molecule has 0 aromatic carbocycles. The van der Waals surface area contributed by atoms with Crippen LogP contribution in [-0.2, 0) is 9.53 Å². The molecular weight excluding hydrogens is 230 g/mol. The Labute approximate surface area is 111 Å². The van der Waals surface area contributed by atoms with Gasteiger partial charge in [-0.05, 0) is 38.8 Å². The number of hydrogen-bond donors (Lipinski definition) is 2. The molecule has 0 fully saturated rings. The van der Waals surface area contributed by atoms with Crippen LogP contribution in [0.3, 0.4) is 0 Å². The Morgan fingerprint density at radius 1 is 0.944 bits per heavy atom. The molecule has 0 aromatic rings. The van der Waals surface area contributed by atoms with Gasteiger partial charge in [0, 0.05) is 13.5 Å². The number of aliphatic hydroxyl groups excluding tert-OH is 1. The largest absolute Gasteiger partial charge is 0.466 e. The molecule has 18 heavy (non-hydrogen) atoms. The number of carbonyl (C=O) groups is 1. The molecule has 0 atom stereocenters. The highest BCUT2D eigenvalue weighted by Gasteiger charge is 1.94. The SMILES string of the molecule is CC(=O)OCCCCCCNCCCCCCO. The molecule has 0 aromatic heterocycles. The first-order valence-electron chi connectivity index (χ1n) is 7.22. The number of carbonyl (C=O) groups excluding carboxylic acids is 1. The summed E-state index contributed by atoms with van der Waals surface area (Å²) in [6, 6.07) is 0. The van der Waals surface area contributed by atoms with E-state index < -0.39 is 0 Å². The Morgan fingerprint density at radius 3 is 2.06 bits per heavy atom. The van der Waals surface area contributed by atoms with Crippen LogP contribution in [0.25, 0.3) is 0 Å². The molecule has 0 saturated heterocycles. The van der Waals surface area contributed by atoms with Crippen LogP contribution in [0.4, 0.5) is 0 Å². The molecule has 0 radical (unpaired) electrons. The van der Waals surface area contributed by atoms with Gasteiger partial charge in [-0.25, -0.2) is 0 Å². The van der Waals surface area contributed by atoms with Crippen LogP contribution in [0.1, 0.15) is 58.3 Å². The lowest BCUT2D eigenvalue weighted by molar-refractivity contribution is -0.141. The minimum Gasteiger partial charge on any atom is -0.466 e. The number of aliphatic hydroxyl groups is 1. The minimum absolute atomic E-state index is 0.183. The summed E-state index contributed by atoms with van der Waals surface area (Å²) in [6.45, 7) is 4.49. The van der Waals surface area contributed by atoms with Crippen LogP contribution < -0.4 is 5.32 Å². The molecule has 0 heterocycles. The maximum Gasteiger partial charge on any atom is 0.302 e. The molecule has 0 aliphatic rings. The van der Waals surface area contributed by atoms with Gasteiger partial charge in [0.2, 0.25) is 0 Å². The Hall–Kier alpha value is -0.610. The van der Waals surface area contributed by atoms with E-state index in [0.29, 0.717) is 13.2 Å². The molecule has 0 spiro atoms. The van der Waals surface area contributed by atoms with E-state index in [1.165, 1.54) is 32.6 Å². The van der Waals surface area contributed by atoms with Crippen molar-refractivity contribution >= 4 is 5.97 Å². The second-order valence-corrected chi connectivity index (χ2v) is 4.64. The van der Waals surface area contributed by atoms with Gasteiger partial charge in [0.05, 0.1) is 6.61 Å². The highest BCUT2D eigenvalue weighted by atomic mass is 16.5. The third kappa shape index (κ3) is 15.4. The van der Waals surface area contributed by atoms with E-state index in [4.69, 9.17) is 9.84 Å². The normalized spacial score (nSPS) is 10.6. The fraction of sp³-hybridized carbons (Fsp3) is 0.929. The average molecular weight is 259 g/mol. The zero-order valence-corrected chi connectivity index (χ0v) is 11.7. The molecule has 0 rings (SSSR count). The van der Waals surface area contributed by atoms with E-state index >= 15 is 0 Å². The van der Waals surface area contributed by atoms with E-state index in [2.05, 4.69) is 5.32 Å². The van der Waals surface area contributed by atoms with E-state index in [1.807, 2.05) is 0 Å². The van der Waals surface area contributed by atoms with Gasteiger partial charge >= 0.3 is 5.97 Å². The molecule has 0 unspecified atom stereocenters. The van der Waals surface area contributed by atoms with Crippen molar-refractivity contribution in [3.05, 3.63) is 0 Å². The van der Waals surface area contributed by atoms with Gasteiger partial charge in [0.1, 0.15) is 0 Å². The highest BCUT2D eigenvalue weighted by molar-refractivity contribution is 5.65. The summed E-state index contributed by atoms with van der Waals surface area (Å²) in [4.78, 5) is 10.5. The van der Waals surface area contributed by atoms with Crippen molar-refractivity contribution in [2.24, 2.45) is 0 Å². The number of esters is 1. The van der Waals surface area contributed by atoms with Crippen molar-refractivity contribution in [1.82, 2.24) is 5.32 Å². The van der Waals surface area contributed by atoms with Crippen molar-refractivity contribution in [2.45, 2.75) is 58.3 Å². The maximum absolute atomic E-state index is 10.5. The predicted octanol–water partition coefficient (Wildman–Crippen LogP) is 2.25. The standard InChI is InChI=1S/C14H29NO3/c1-14(17)18-13-9-5-3-7-11-15-10-6-2-4-8-12-16/h15-16H,2-13H2,1H3. The Kier molecular flexibility index (Phi) is 14.0. The maximum atomic E-state index is 10.5. The van der Waals surface area contributed by atoms with Crippen LogP contribution in [0, 0.1) is 0 Å². The summed E-state index contributed by atoms with van der Waals surface area (Å²) in [5, 5.41) is 12.0. The number of hydrogen-bond acceptors (Lipinski definition) is 4. The van der Waals surface area contributed by atoms with E-state index in [0.717, 1.165) is 38.8 Å². The van der Waals surface area contributed by atoms with Gasteiger partial charge in [0.15, 0.2) is 0 Å². The van der Waals surface area contributed by atoms with Crippen LogP contribution in [0.5, 0.6) is 0 Å². The van der Waals surface area contributed by atoms with Crippen molar-refractivity contribution in [2.75, 3.05) is 26.3 Å². The molecule has 0 amide bonds. The third-order valence-electron chi connectivity index (χ3n) is 2.81. The van der Waals surface area contributed by atoms with Crippen molar-refractivity contribution in [3.8, 4) is 0 Å². The summed E-state index contributed by atoms with van der Waals surface area (Å²) in [5.74, 6) is -0.183. The average Bonchev–Trinajstić information content (AvgIpc) is 2.34. The lowest BCUT2D eigenvalue weighted by atomic mass is 10.2. The first-order chi connectivity index (χ1) is 8.77. The third-order valence-corrected chi connectivity index (χ3v) is 2.81. The number of unbranched alkanes of at least 4 members (excludes halogenated alkanes) is 6. The van der Waals surface area contributed by atoms with Gasteiger partial charge in [0.25, 0.3) is 0 Å². The minimum atomic E-state index is -0.183. The van der Waals surface area contributed by atoms with Gasteiger partial charge in [-0.1, -0.05) is 25.7 Å². The fourth-order valence-electron chi connectivity index (χ4n) is 1.76. The van der Waals surface area contributed by atoms with Crippen LogP contribution in [0.2, 0.25) is 0 Å². The van der Waals surface area contributed by atoms with Crippen molar-refractivity contribution in [3.63, 3.8) is 0 Å². The van der Waals surface area contributed by atoms with Crippen LogP contribution in [-0.4, -0.2) is 37.4 Å². The number of ether oxygens (including phenoxy) is 1. The summed E-state index contributed by atoms with van der Waals surface area (Å²) in [6.07, 6.45) is 8.96. The summed E-state index contributed by atoms with van der Waals surface area (Å²) in [7, 11) is 0. The summed E-state index contributed by atoms with van der Waals surface area (Å²) >= 11 is 0. The number of rotatable bonds is 13. The second kappa shape index (κ2) is 14.5. The fourth-order valence-corrected chi connectivity index (χ4v) is 1.76. The van der Waals surface area contributed by atoms with E-state index in [1.54, 1.807) is 0 Å².